The Hall–Kier alpha value is -7.98. The molecule has 0 bridgehead atoms. The number of carbonyl (C=O) groups excluding carboxylic acids is 5. The van der Waals surface area contributed by atoms with Crippen molar-refractivity contribution in [3.05, 3.63) is 36.4 Å². The summed E-state index contributed by atoms with van der Waals surface area (Å²) < 4.78 is 2.78. The summed E-state index contributed by atoms with van der Waals surface area (Å²) in [5, 5.41) is 71.6. The first-order valence-electron chi connectivity index (χ1n) is 20.6. The van der Waals surface area contributed by atoms with Gasteiger partial charge in [0, 0.05) is 37.6 Å². The van der Waals surface area contributed by atoms with Crippen molar-refractivity contribution < 1.29 is 97.8 Å². The molecule has 0 spiro atoms. The molecule has 0 aliphatic carbocycles. The number of unbranched alkanes of at least 4 members (excludes halogenated alkanes) is 1. The Morgan fingerprint density at radius 1 is 0.574 bits per heavy atom. The largest absolute Gasteiger partial charge is 0.481 e. The van der Waals surface area contributed by atoms with Gasteiger partial charge in [0.05, 0.1) is 20.1 Å². The smallest absolute Gasteiger partial charge is 0.326 e. The second kappa shape index (κ2) is 26.9. The molecule has 29 heteroatoms. The molecule has 0 aliphatic heterocycles. The van der Waals surface area contributed by atoms with Gasteiger partial charge < -0.3 is 75.1 Å². The Kier molecular flexibility index (Phi) is 22.2. The average Bonchev–Trinajstić information content (AvgIpc) is 3.84. The molecule has 0 aliphatic rings. The van der Waals surface area contributed by atoms with E-state index in [0.717, 1.165) is 4.90 Å². The van der Waals surface area contributed by atoms with E-state index in [0.29, 0.717) is 10.7 Å². The molecule has 2 unspecified atom stereocenters. The van der Waals surface area contributed by atoms with Gasteiger partial charge in [-0.25, -0.2) is 29.1 Å². The van der Waals surface area contributed by atoms with Gasteiger partial charge in [-0.3, -0.25) is 38.4 Å². The van der Waals surface area contributed by atoms with Crippen molar-refractivity contribution in [3.8, 4) is 0 Å². The molecule has 5 amide bonds. The molecule has 29 nitrogen and oxygen atoms in total. The van der Waals surface area contributed by atoms with E-state index in [1.165, 1.54) is 40.8 Å². The molecule has 4 atom stereocenters. The number of imidazole rings is 2. The van der Waals surface area contributed by atoms with Gasteiger partial charge in [0.1, 0.15) is 69.7 Å². The van der Waals surface area contributed by atoms with Crippen molar-refractivity contribution in [2.45, 2.75) is 96.2 Å². The number of nitrogens with one attached hydrogen (secondary N) is 3. The fraction of sp³-hybridized carbons (Fsp3) is 0.538. The van der Waals surface area contributed by atoms with Gasteiger partial charge in [0.25, 0.3) is 0 Å². The third-order valence-corrected chi connectivity index (χ3v) is 9.95. The summed E-state index contributed by atoms with van der Waals surface area (Å²) in [4.78, 5) is 154. The van der Waals surface area contributed by atoms with E-state index in [9.17, 15) is 88.2 Å². The molecule has 2 aromatic rings. The van der Waals surface area contributed by atoms with E-state index in [2.05, 4.69) is 15.3 Å². The second-order valence-electron chi connectivity index (χ2n) is 15.8. The quantitative estimate of drug-likeness (QED) is 0.0257. The molecular weight excluding hydrogens is 912 g/mol. The summed E-state index contributed by atoms with van der Waals surface area (Å²) >= 11 is 0. The summed E-state index contributed by atoms with van der Waals surface area (Å²) in [5.74, 6) is -12.6. The molecule has 0 radical (unpaired) electrons. The van der Waals surface area contributed by atoms with Crippen LogP contribution in [0.15, 0.2) is 24.8 Å². The van der Waals surface area contributed by atoms with Gasteiger partial charge in [-0.1, -0.05) is 0 Å². The zero-order valence-electron chi connectivity index (χ0n) is 37.0. The lowest BCUT2D eigenvalue weighted by Gasteiger charge is -2.34. The third-order valence-electron chi connectivity index (χ3n) is 9.95. The van der Waals surface area contributed by atoms with E-state index in [-0.39, 0.29) is 49.2 Å². The van der Waals surface area contributed by atoms with Gasteiger partial charge in [0.15, 0.2) is 11.6 Å². The number of carboxylic acids is 7. The van der Waals surface area contributed by atoms with Crippen LogP contribution in [-0.2, 0) is 78.9 Å². The van der Waals surface area contributed by atoms with Crippen LogP contribution in [0, 0.1) is 0 Å². The molecular formula is C39H55N10O19+. The highest BCUT2D eigenvalue weighted by Gasteiger charge is 2.31. The molecule has 2 aromatic heterocycles. The summed E-state index contributed by atoms with van der Waals surface area (Å²) in [5.41, 5.74) is 0. The van der Waals surface area contributed by atoms with E-state index < -0.39 is 154 Å². The number of carbonyl (C=O) groups is 12. The molecule has 0 saturated carbocycles. The maximum atomic E-state index is 13.2. The standard InChI is InChI=1S/C39H54N10O19/c1-23(50)15-47(18-33(56)57)30(52)16-45-12-10-40-27(45)21-49(2,22-28-41-11-13-46(28)17-31(53)48(19-34(58)59)20-35(60)61)14-4-3-5-24(36(62)63)42-29(51)8-6-25(37(64)65)43-39(68)44-26(38(66)67)7-9-32(54)55/h10-13,24-26H,3-9,14-22H2,1-2H3,(H9-,42,43,44,51,54,55,56,57,58,59,60,61,62,63,64,65,66,67,68)/p+1/t24-,25?,26?,49-/m1/s1. The number of quaternary nitrogens is 1. The molecule has 0 fully saturated rings. The molecule has 68 heavy (non-hydrogen) atoms. The Morgan fingerprint density at radius 2 is 0.985 bits per heavy atom. The lowest BCUT2D eigenvalue weighted by molar-refractivity contribution is -0.937. The van der Waals surface area contributed by atoms with Crippen molar-refractivity contribution in [2.24, 2.45) is 0 Å². The van der Waals surface area contributed by atoms with E-state index in [4.69, 9.17) is 5.11 Å². The van der Waals surface area contributed by atoms with E-state index in [1.54, 1.807) is 7.05 Å². The Labute approximate surface area is 385 Å². The average molecular weight is 968 g/mol. The number of carboxylic acid groups (broad SMARTS) is 7. The molecule has 2 rings (SSSR count). The minimum absolute atomic E-state index is 0.00359. The fourth-order valence-corrected chi connectivity index (χ4v) is 6.66. The minimum atomic E-state index is -1.74. The summed E-state index contributed by atoms with van der Waals surface area (Å²) in [6, 6.07) is -6.17. The van der Waals surface area contributed by atoms with Crippen molar-refractivity contribution in [1.29, 1.82) is 0 Å². The van der Waals surface area contributed by atoms with Crippen LogP contribution < -0.4 is 16.0 Å². The number of aliphatic carboxylic acids is 7. The van der Waals surface area contributed by atoms with Crippen LogP contribution >= 0.6 is 0 Å². The first kappa shape index (κ1) is 56.2. The number of ketones is 1. The molecule has 10 N–H and O–H groups in total. The minimum Gasteiger partial charge on any atom is -0.481 e. The number of amides is 5. The van der Waals surface area contributed by atoms with Gasteiger partial charge in [-0.15, -0.1) is 0 Å². The zero-order valence-corrected chi connectivity index (χ0v) is 37.0. The number of hydrogen-bond acceptors (Lipinski definition) is 14. The highest BCUT2D eigenvalue weighted by molar-refractivity contribution is 5.89. The van der Waals surface area contributed by atoms with Crippen LogP contribution in [0.3, 0.4) is 0 Å². The van der Waals surface area contributed by atoms with Crippen molar-refractivity contribution in [1.82, 2.24) is 44.9 Å². The third kappa shape index (κ3) is 20.5. The van der Waals surface area contributed by atoms with Crippen LogP contribution in [-0.4, -0.2) is 198 Å². The number of aromatic nitrogens is 4. The normalized spacial score (nSPS) is 13.1. The van der Waals surface area contributed by atoms with Gasteiger partial charge in [-0.05, 0) is 39.0 Å². The highest BCUT2D eigenvalue weighted by Crippen LogP contribution is 2.20. The first-order valence-corrected chi connectivity index (χ1v) is 20.6. The van der Waals surface area contributed by atoms with Crippen LogP contribution in [0.4, 0.5) is 4.79 Å². The zero-order chi connectivity index (χ0) is 51.3. The topological polar surface area (TPSA) is 425 Å². The van der Waals surface area contributed by atoms with Crippen molar-refractivity contribution >= 4 is 71.3 Å². The van der Waals surface area contributed by atoms with Gasteiger partial charge in [-0.2, -0.15) is 0 Å². The van der Waals surface area contributed by atoms with Crippen LogP contribution in [0.25, 0.3) is 0 Å². The maximum Gasteiger partial charge on any atom is 0.326 e. The lowest BCUT2D eigenvalue weighted by Crippen LogP contribution is -2.51. The number of hydrogen-bond donors (Lipinski definition) is 10. The lowest BCUT2D eigenvalue weighted by atomic mass is 10.1. The molecule has 0 aromatic carbocycles. The van der Waals surface area contributed by atoms with Crippen molar-refractivity contribution in [2.75, 3.05) is 39.8 Å². The number of urea groups is 1. The Balaban J connectivity index is 2.27. The van der Waals surface area contributed by atoms with E-state index >= 15 is 0 Å². The van der Waals surface area contributed by atoms with E-state index in [1.807, 2.05) is 10.6 Å². The monoisotopic (exact) mass is 967 g/mol. The number of nitrogens with zero attached hydrogens (tertiary/aromatic N) is 7. The second-order valence-corrected chi connectivity index (χ2v) is 15.8. The molecule has 374 valence electrons. The van der Waals surface area contributed by atoms with Gasteiger partial charge >= 0.3 is 47.8 Å². The summed E-state index contributed by atoms with van der Waals surface area (Å²) in [6.07, 6.45) is 3.54. The highest BCUT2D eigenvalue weighted by atomic mass is 16.4. The van der Waals surface area contributed by atoms with Crippen LogP contribution in [0.1, 0.15) is 63.5 Å². The summed E-state index contributed by atoms with van der Waals surface area (Å²) in [7, 11) is 1.73. The SMILES string of the molecule is CC(=O)CN(CC(=O)O)C(=O)Cn1ccnc1C[N@@+](C)(CCCC[C@@H](NC(=O)CCC(NC(=O)NC(CCC(=O)O)C(=O)O)C(=O)O)C(=O)O)Cc1nccn1CC(=O)N(CC(=O)O)CC(=O)O. The van der Waals surface area contributed by atoms with Crippen molar-refractivity contribution in [3.63, 3.8) is 0 Å². The van der Waals surface area contributed by atoms with Crippen LogP contribution in [0.5, 0.6) is 0 Å². The first-order chi connectivity index (χ1) is 31.8. The number of Topliss-reactive ketones (excluding diaryl/α,β-unsaturated/α-hetero) is 1. The Bertz CT molecular complexity index is 2070. The molecule has 0 saturated heterocycles. The molecule has 2 heterocycles. The van der Waals surface area contributed by atoms with Gasteiger partial charge in [0.2, 0.25) is 17.7 Å². The Morgan fingerprint density at radius 3 is 1.38 bits per heavy atom. The predicted octanol–water partition coefficient (Wildman–Crippen LogP) is -2.68. The fourth-order valence-electron chi connectivity index (χ4n) is 6.66. The summed E-state index contributed by atoms with van der Waals surface area (Å²) in [6.45, 7) is -2.52. The van der Waals surface area contributed by atoms with Crippen LogP contribution in [0.2, 0.25) is 0 Å². The number of rotatable bonds is 33. The predicted molar refractivity (Wildman–Crippen MR) is 224 cm³/mol. The maximum absolute atomic E-state index is 13.2.